The Bertz CT molecular complexity index is 1020. The van der Waals surface area contributed by atoms with Crippen molar-refractivity contribution in [1.29, 1.82) is 0 Å². The first-order valence-electron chi connectivity index (χ1n) is 7.82. The summed E-state index contributed by atoms with van der Waals surface area (Å²) in [6.07, 6.45) is 1.69. The summed E-state index contributed by atoms with van der Waals surface area (Å²) in [5.74, 6) is 0.479. The molecule has 0 radical (unpaired) electrons. The lowest BCUT2D eigenvalue weighted by Crippen LogP contribution is -2.04. The van der Waals surface area contributed by atoms with Crippen LogP contribution in [0.4, 0.5) is 5.95 Å². The molecule has 4 rings (SSSR count). The average molecular weight is 349 g/mol. The number of fused-ring (bicyclic) bond motifs is 1. The monoisotopic (exact) mass is 349 g/mol. The number of hydrogen-bond acceptors (Lipinski definition) is 7. The Morgan fingerprint density at radius 1 is 1.04 bits per heavy atom. The SMILES string of the molecule is CCOc1nc(N)nc2ncc(-c3ccc(-c4cccs4)cc3)nc12. The molecule has 0 amide bonds. The molecule has 0 bridgehead atoms. The minimum absolute atomic E-state index is 0.123. The summed E-state index contributed by atoms with van der Waals surface area (Å²) in [7, 11) is 0. The van der Waals surface area contributed by atoms with Gasteiger partial charge in [-0.05, 0) is 23.9 Å². The number of thiophene rings is 1. The highest BCUT2D eigenvalue weighted by Crippen LogP contribution is 2.28. The summed E-state index contributed by atoms with van der Waals surface area (Å²) >= 11 is 1.72. The second-order valence-electron chi connectivity index (χ2n) is 5.30. The molecule has 6 nitrogen and oxygen atoms in total. The number of nitrogens with zero attached hydrogens (tertiary/aromatic N) is 4. The van der Waals surface area contributed by atoms with Gasteiger partial charge < -0.3 is 10.5 Å². The van der Waals surface area contributed by atoms with Gasteiger partial charge in [0, 0.05) is 10.4 Å². The minimum Gasteiger partial charge on any atom is -0.476 e. The number of hydrogen-bond donors (Lipinski definition) is 1. The van der Waals surface area contributed by atoms with E-state index in [0.29, 0.717) is 23.7 Å². The molecule has 25 heavy (non-hydrogen) atoms. The van der Waals surface area contributed by atoms with E-state index in [1.165, 1.54) is 10.4 Å². The van der Waals surface area contributed by atoms with Crippen molar-refractivity contribution in [3.63, 3.8) is 0 Å². The topological polar surface area (TPSA) is 86.8 Å². The lowest BCUT2D eigenvalue weighted by Gasteiger charge is -2.08. The van der Waals surface area contributed by atoms with E-state index >= 15 is 0 Å². The molecule has 0 unspecified atom stereocenters. The molecule has 0 spiro atoms. The summed E-state index contributed by atoms with van der Waals surface area (Å²) < 4.78 is 5.53. The maximum Gasteiger partial charge on any atom is 0.247 e. The molecule has 0 fully saturated rings. The van der Waals surface area contributed by atoms with E-state index in [1.807, 2.05) is 25.1 Å². The van der Waals surface area contributed by atoms with Gasteiger partial charge >= 0.3 is 0 Å². The Balaban J connectivity index is 1.76. The Hall–Kier alpha value is -3.06. The average Bonchev–Trinajstić information content (AvgIpc) is 3.16. The largest absolute Gasteiger partial charge is 0.476 e. The van der Waals surface area contributed by atoms with Gasteiger partial charge in [0.05, 0.1) is 18.5 Å². The fraction of sp³-hybridized carbons (Fsp3) is 0.111. The van der Waals surface area contributed by atoms with Gasteiger partial charge in [-0.3, -0.25) is 0 Å². The van der Waals surface area contributed by atoms with Gasteiger partial charge in [-0.1, -0.05) is 30.3 Å². The van der Waals surface area contributed by atoms with Crippen LogP contribution < -0.4 is 10.5 Å². The predicted octanol–water partition coefficient (Wildman–Crippen LogP) is 3.80. The van der Waals surface area contributed by atoms with Crippen LogP contribution in [0.25, 0.3) is 32.9 Å². The van der Waals surface area contributed by atoms with Crippen molar-refractivity contribution >= 4 is 28.4 Å². The summed E-state index contributed by atoms with van der Waals surface area (Å²) in [6, 6.07) is 12.4. The maximum atomic E-state index is 5.70. The van der Waals surface area contributed by atoms with E-state index in [0.717, 1.165) is 11.3 Å². The third-order valence-electron chi connectivity index (χ3n) is 3.66. The smallest absolute Gasteiger partial charge is 0.247 e. The van der Waals surface area contributed by atoms with Crippen LogP contribution >= 0.6 is 11.3 Å². The van der Waals surface area contributed by atoms with Gasteiger partial charge in [-0.25, -0.2) is 9.97 Å². The van der Waals surface area contributed by atoms with Crippen LogP contribution in [0.3, 0.4) is 0 Å². The molecule has 0 saturated heterocycles. The van der Waals surface area contributed by atoms with E-state index in [1.54, 1.807) is 17.5 Å². The third-order valence-corrected chi connectivity index (χ3v) is 4.58. The van der Waals surface area contributed by atoms with Crippen LogP contribution in [0.1, 0.15) is 6.92 Å². The first-order chi connectivity index (χ1) is 12.2. The summed E-state index contributed by atoms with van der Waals surface area (Å²) in [4.78, 5) is 18.5. The molecular formula is C18H15N5OS. The lowest BCUT2D eigenvalue weighted by molar-refractivity contribution is 0.330. The molecule has 0 aliphatic rings. The number of nitrogens with two attached hydrogens (primary N) is 1. The number of benzene rings is 1. The first-order valence-corrected chi connectivity index (χ1v) is 8.70. The number of ether oxygens (including phenoxy) is 1. The van der Waals surface area contributed by atoms with E-state index < -0.39 is 0 Å². The molecule has 4 aromatic rings. The summed E-state index contributed by atoms with van der Waals surface area (Å²) in [5.41, 5.74) is 9.52. The van der Waals surface area contributed by atoms with Crippen LogP contribution in [-0.2, 0) is 0 Å². The van der Waals surface area contributed by atoms with Gasteiger partial charge in [-0.15, -0.1) is 11.3 Å². The molecular weight excluding hydrogens is 334 g/mol. The fourth-order valence-electron chi connectivity index (χ4n) is 2.52. The van der Waals surface area contributed by atoms with Crippen LogP contribution in [-0.4, -0.2) is 26.5 Å². The zero-order chi connectivity index (χ0) is 17.2. The van der Waals surface area contributed by atoms with Crippen molar-refractivity contribution in [3.8, 4) is 27.6 Å². The molecule has 3 heterocycles. The van der Waals surface area contributed by atoms with Crippen LogP contribution in [0.15, 0.2) is 48.0 Å². The Morgan fingerprint density at radius 2 is 1.84 bits per heavy atom. The van der Waals surface area contributed by atoms with E-state index in [4.69, 9.17) is 10.5 Å². The second-order valence-corrected chi connectivity index (χ2v) is 6.25. The quantitative estimate of drug-likeness (QED) is 0.603. The molecule has 0 aliphatic carbocycles. The van der Waals surface area contributed by atoms with E-state index in [-0.39, 0.29) is 5.95 Å². The molecule has 7 heteroatoms. The molecule has 0 aliphatic heterocycles. The van der Waals surface area contributed by atoms with Gasteiger partial charge in [0.1, 0.15) is 0 Å². The number of rotatable bonds is 4. The predicted molar refractivity (Wildman–Crippen MR) is 99.5 cm³/mol. The maximum absolute atomic E-state index is 5.70. The lowest BCUT2D eigenvalue weighted by atomic mass is 10.1. The fourth-order valence-corrected chi connectivity index (χ4v) is 3.26. The number of aromatic nitrogens is 4. The van der Waals surface area contributed by atoms with Gasteiger partial charge in [0.15, 0.2) is 11.2 Å². The number of nitrogen functional groups attached to an aromatic ring is 1. The Kier molecular flexibility index (Phi) is 3.99. The highest BCUT2D eigenvalue weighted by molar-refractivity contribution is 7.13. The summed E-state index contributed by atoms with van der Waals surface area (Å²) in [5, 5.41) is 2.07. The zero-order valence-corrected chi connectivity index (χ0v) is 14.3. The normalized spacial score (nSPS) is 10.9. The van der Waals surface area contributed by atoms with Crippen LogP contribution in [0.5, 0.6) is 5.88 Å². The second kappa shape index (κ2) is 6.45. The van der Waals surface area contributed by atoms with Crippen molar-refractivity contribution in [3.05, 3.63) is 48.0 Å². The molecule has 0 atom stereocenters. The summed E-state index contributed by atoms with van der Waals surface area (Å²) in [6.45, 7) is 2.34. The van der Waals surface area contributed by atoms with Crippen molar-refractivity contribution < 1.29 is 4.74 Å². The van der Waals surface area contributed by atoms with Crippen molar-refractivity contribution in [2.24, 2.45) is 0 Å². The van der Waals surface area contributed by atoms with Crippen molar-refractivity contribution in [2.75, 3.05) is 12.3 Å². The molecule has 2 N–H and O–H groups in total. The van der Waals surface area contributed by atoms with E-state index in [9.17, 15) is 0 Å². The van der Waals surface area contributed by atoms with Crippen molar-refractivity contribution in [2.45, 2.75) is 6.92 Å². The molecule has 3 aromatic heterocycles. The van der Waals surface area contributed by atoms with Gasteiger partial charge in [-0.2, -0.15) is 9.97 Å². The third kappa shape index (κ3) is 3.01. The highest BCUT2D eigenvalue weighted by atomic mass is 32.1. The van der Waals surface area contributed by atoms with Crippen LogP contribution in [0.2, 0.25) is 0 Å². The van der Waals surface area contributed by atoms with Crippen LogP contribution in [0, 0.1) is 0 Å². The minimum atomic E-state index is 0.123. The molecule has 124 valence electrons. The van der Waals surface area contributed by atoms with Gasteiger partial charge in [0.2, 0.25) is 11.8 Å². The standard InChI is InChI=1S/C18H15N5OS/c1-2-24-17-15-16(22-18(19)23-17)20-10-13(21-15)11-5-7-12(8-6-11)14-4-3-9-25-14/h3-10H,2H2,1H3,(H2,19,20,22,23). The van der Waals surface area contributed by atoms with Gasteiger partial charge in [0.25, 0.3) is 0 Å². The zero-order valence-electron chi connectivity index (χ0n) is 13.5. The highest BCUT2D eigenvalue weighted by Gasteiger charge is 2.12. The number of anilines is 1. The Labute approximate surface area is 148 Å². The molecule has 1 aromatic carbocycles. The first kappa shape index (κ1) is 15.5. The Morgan fingerprint density at radius 3 is 2.56 bits per heavy atom. The van der Waals surface area contributed by atoms with E-state index in [2.05, 4.69) is 43.5 Å². The molecule has 0 saturated carbocycles. The van der Waals surface area contributed by atoms with Crippen molar-refractivity contribution in [1.82, 2.24) is 19.9 Å².